The molecule has 1 atom stereocenters. The lowest BCUT2D eigenvalue weighted by atomic mass is 9.96. The summed E-state index contributed by atoms with van der Waals surface area (Å²) in [5.74, 6) is 0.698. The van der Waals surface area contributed by atoms with E-state index in [2.05, 4.69) is 79.6 Å². The summed E-state index contributed by atoms with van der Waals surface area (Å²) in [7, 11) is 0. The number of fused-ring (bicyclic) bond motifs is 1. The molecule has 158 valence electrons. The molecule has 0 spiro atoms. The molecule has 1 aromatic heterocycles. The highest BCUT2D eigenvalue weighted by Crippen LogP contribution is 2.35. The summed E-state index contributed by atoms with van der Waals surface area (Å²) in [6, 6.07) is 21.9. The normalized spacial score (nSPS) is 16.9. The Bertz CT molecular complexity index is 1210. The van der Waals surface area contributed by atoms with Gasteiger partial charge in [0.1, 0.15) is 5.52 Å². The zero-order valence-electron chi connectivity index (χ0n) is 18.4. The zero-order chi connectivity index (χ0) is 21.4. The van der Waals surface area contributed by atoms with Gasteiger partial charge in [-0.3, -0.25) is 4.90 Å². The van der Waals surface area contributed by atoms with Crippen LogP contribution < -0.4 is 0 Å². The van der Waals surface area contributed by atoms with Gasteiger partial charge in [0.2, 0.25) is 5.89 Å². The lowest BCUT2D eigenvalue weighted by Crippen LogP contribution is -2.26. The fourth-order valence-corrected chi connectivity index (χ4v) is 5.28. The maximum Gasteiger partial charge on any atom is 0.227 e. The summed E-state index contributed by atoms with van der Waals surface area (Å²) in [5, 5.41) is 0. The second-order valence-electron chi connectivity index (χ2n) is 8.46. The van der Waals surface area contributed by atoms with E-state index in [1.165, 1.54) is 46.5 Å². The van der Waals surface area contributed by atoms with Crippen molar-refractivity contribution in [2.45, 2.75) is 44.2 Å². The Morgan fingerprint density at radius 1 is 1.06 bits per heavy atom. The monoisotopic (exact) mass is 428 g/mol. The molecular formula is C27H28N2OS. The molecule has 0 amide bonds. The van der Waals surface area contributed by atoms with Crippen molar-refractivity contribution in [2.75, 3.05) is 12.8 Å². The third kappa shape index (κ3) is 3.90. The summed E-state index contributed by atoms with van der Waals surface area (Å²) in [5.41, 5.74) is 7.83. The topological polar surface area (TPSA) is 29.3 Å². The Kier molecular flexibility index (Phi) is 5.59. The number of oxazole rings is 1. The van der Waals surface area contributed by atoms with Crippen molar-refractivity contribution in [3.8, 4) is 22.6 Å². The van der Waals surface area contributed by atoms with Gasteiger partial charge in [0.25, 0.3) is 0 Å². The number of nitrogens with zero attached hydrogens (tertiary/aromatic N) is 2. The van der Waals surface area contributed by atoms with E-state index in [9.17, 15) is 0 Å². The van der Waals surface area contributed by atoms with Gasteiger partial charge in [0.15, 0.2) is 5.58 Å². The van der Waals surface area contributed by atoms with Crippen LogP contribution in [0.3, 0.4) is 0 Å². The van der Waals surface area contributed by atoms with E-state index in [1.54, 1.807) is 11.8 Å². The summed E-state index contributed by atoms with van der Waals surface area (Å²) in [6.45, 7) is 6.65. The summed E-state index contributed by atoms with van der Waals surface area (Å²) >= 11 is 1.79. The average molecular weight is 429 g/mol. The van der Waals surface area contributed by atoms with E-state index >= 15 is 0 Å². The van der Waals surface area contributed by atoms with Gasteiger partial charge in [0.05, 0.1) is 0 Å². The van der Waals surface area contributed by atoms with Crippen molar-refractivity contribution in [3.63, 3.8) is 0 Å². The van der Waals surface area contributed by atoms with Gasteiger partial charge in [-0.05, 0) is 79.9 Å². The molecule has 0 N–H and O–H groups in total. The van der Waals surface area contributed by atoms with Crippen molar-refractivity contribution >= 4 is 22.9 Å². The first-order valence-corrected chi connectivity index (χ1v) is 12.2. The number of hydrogen-bond donors (Lipinski definition) is 0. The molecule has 1 saturated heterocycles. The van der Waals surface area contributed by atoms with Gasteiger partial charge in [0, 0.05) is 23.0 Å². The molecule has 0 bridgehead atoms. The molecule has 0 radical (unpaired) electrons. The number of likely N-dealkylation sites (tertiary alicyclic amines) is 1. The molecule has 5 rings (SSSR count). The molecule has 1 aliphatic heterocycles. The Balaban J connectivity index is 1.55. The minimum atomic E-state index is 0.654. The fourth-order valence-electron chi connectivity index (χ4n) is 4.67. The van der Waals surface area contributed by atoms with Gasteiger partial charge in [-0.1, -0.05) is 42.5 Å². The lowest BCUT2D eigenvalue weighted by molar-refractivity contribution is 0.258. The number of thioether (sulfide) groups is 1. The van der Waals surface area contributed by atoms with Crippen LogP contribution in [0.1, 0.15) is 30.9 Å². The van der Waals surface area contributed by atoms with Gasteiger partial charge in [-0.2, -0.15) is 0 Å². The Hall–Kier alpha value is -2.56. The summed E-state index contributed by atoms with van der Waals surface area (Å²) in [4.78, 5) is 8.77. The standard InChI is InChI=1S/C27H28N2OS/c1-18-9-8-14-29(18)17-21-15-24-25(16-26(21)31-3)30-27(28-24)23-13-7-12-22(19(23)2)20-10-5-4-6-11-20/h4-7,10-13,15-16,18H,8-9,14,17H2,1-3H3/t18-/m1/s1. The van der Waals surface area contributed by atoms with Gasteiger partial charge >= 0.3 is 0 Å². The summed E-state index contributed by atoms with van der Waals surface area (Å²) < 4.78 is 6.28. The molecule has 4 heteroatoms. The lowest BCUT2D eigenvalue weighted by Gasteiger charge is -2.22. The Morgan fingerprint density at radius 3 is 2.61 bits per heavy atom. The van der Waals surface area contributed by atoms with Crippen LogP contribution in [0.4, 0.5) is 0 Å². The van der Waals surface area contributed by atoms with Crippen LogP contribution >= 0.6 is 11.8 Å². The highest BCUT2D eigenvalue weighted by Gasteiger charge is 2.22. The SMILES string of the molecule is CSc1cc2oc(-c3cccc(-c4ccccc4)c3C)nc2cc1CN1CCC[C@H]1C. The minimum absolute atomic E-state index is 0.654. The Labute approximate surface area is 188 Å². The number of benzene rings is 3. The largest absolute Gasteiger partial charge is 0.436 e. The second-order valence-corrected chi connectivity index (χ2v) is 9.30. The van der Waals surface area contributed by atoms with E-state index in [0.717, 1.165) is 23.2 Å². The van der Waals surface area contributed by atoms with Crippen LogP contribution in [0.2, 0.25) is 0 Å². The van der Waals surface area contributed by atoms with E-state index in [1.807, 2.05) is 6.07 Å². The van der Waals surface area contributed by atoms with E-state index in [4.69, 9.17) is 9.40 Å². The molecule has 0 aliphatic carbocycles. The van der Waals surface area contributed by atoms with Crippen molar-refractivity contribution in [1.82, 2.24) is 9.88 Å². The molecule has 4 aromatic rings. The molecule has 3 nitrogen and oxygen atoms in total. The fraction of sp³-hybridized carbons (Fsp3) is 0.296. The molecule has 3 aromatic carbocycles. The van der Waals surface area contributed by atoms with Gasteiger partial charge in [-0.25, -0.2) is 4.98 Å². The average Bonchev–Trinajstić information content (AvgIpc) is 3.39. The zero-order valence-corrected chi connectivity index (χ0v) is 19.2. The van der Waals surface area contributed by atoms with Gasteiger partial charge in [-0.15, -0.1) is 11.8 Å². The first-order chi connectivity index (χ1) is 15.1. The first-order valence-electron chi connectivity index (χ1n) is 11.0. The predicted octanol–water partition coefficient (Wildman–Crippen LogP) is 7.18. The first kappa shape index (κ1) is 20.3. The smallest absolute Gasteiger partial charge is 0.227 e. The quantitative estimate of drug-likeness (QED) is 0.315. The van der Waals surface area contributed by atoms with E-state index < -0.39 is 0 Å². The molecule has 1 aliphatic rings. The highest BCUT2D eigenvalue weighted by molar-refractivity contribution is 7.98. The highest BCUT2D eigenvalue weighted by atomic mass is 32.2. The molecular weight excluding hydrogens is 400 g/mol. The van der Waals surface area contributed by atoms with Gasteiger partial charge < -0.3 is 4.42 Å². The van der Waals surface area contributed by atoms with Crippen LogP contribution in [0.5, 0.6) is 0 Å². The van der Waals surface area contributed by atoms with Crippen molar-refractivity contribution in [3.05, 3.63) is 71.8 Å². The summed E-state index contributed by atoms with van der Waals surface area (Å²) in [6.07, 6.45) is 4.73. The van der Waals surface area contributed by atoms with Crippen molar-refractivity contribution in [2.24, 2.45) is 0 Å². The molecule has 1 fully saturated rings. The maximum absolute atomic E-state index is 6.28. The second kappa shape index (κ2) is 8.52. The van der Waals surface area contributed by atoms with E-state index in [0.29, 0.717) is 11.9 Å². The predicted molar refractivity (Wildman–Crippen MR) is 131 cm³/mol. The number of hydrogen-bond acceptors (Lipinski definition) is 4. The maximum atomic E-state index is 6.28. The molecule has 0 unspecified atom stereocenters. The van der Waals surface area contributed by atoms with Crippen LogP contribution in [0.15, 0.2) is 70.0 Å². The van der Waals surface area contributed by atoms with E-state index in [-0.39, 0.29) is 0 Å². The molecule has 31 heavy (non-hydrogen) atoms. The molecule has 0 saturated carbocycles. The number of aromatic nitrogens is 1. The third-order valence-corrected chi connectivity index (χ3v) is 7.32. The third-order valence-electron chi connectivity index (χ3n) is 6.50. The van der Waals surface area contributed by atoms with Crippen LogP contribution in [0, 0.1) is 6.92 Å². The Morgan fingerprint density at radius 2 is 1.87 bits per heavy atom. The molecule has 2 heterocycles. The van der Waals surface area contributed by atoms with Crippen LogP contribution in [-0.4, -0.2) is 28.7 Å². The minimum Gasteiger partial charge on any atom is -0.436 e. The van der Waals surface area contributed by atoms with Crippen LogP contribution in [-0.2, 0) is 6.54 Å². The van der Waals surface area contributed by atoms with Crippen molar-refractivity contribution < 1.29 is 4.42 Å². The number of rotatable bonds is 5. The van der Waals surface area contributed by atoms with Crippen molar-refractivity contribution in [1.29, 1.82) is 0 Å². The van der Waals surface area contributed by atoms with Crippen LogP contribution in [0.25, 0.3) is 33.7 Å².